The molecule has 0 fully saturated rings. The molecule has 2 aromatic heterocycles. The first-order valence-electron chi connectivity index (χ1n) is 3.66. The lowest BCUT2D eigenvalue weighted by Gasteiger charge is -1.85. The first-order valence-corrected chi connectivity index (χ1v) is 4.54. The Labute approximate surface area is 73.7 Å². The van der Waals surface area contributed by atoms with E-state index >= 15 is 0 Å². The van der Waals surface area contributed by atoms with Gasteiger partial charge in [0.15, 0.2) is 4.96 Å². The van der Waals surface area contributed by atoms with Crippen LogP contribution in [0.1, 0.15) is 12.6 Å². The second-order valence-corrected chi connectivity index (χ2v) is 3.58. The van der Waals surface area contributed by atoms with E-state index in [-0.39, 0.29) is 5.78 Å². The van der Waals surface area contributed by atoms with Crippen LogP contribution in [0.4, 0.5) is 0 Å². The summed E-state index contributed by atoms with van der Waals surface area (Å²) < 4.78 is 1.93. The molecule has 0 amide bonds. The zero-order chi connectivity index (χ0) is 8.55. The predicted molar refractivity (Wildman–Crippen MR) is 47.5 cm³/mol. The van der Waals surface area contributed by atoms with E-state index < -0.39 is 0 Å². The Morgan fingerprint density at radius 1 is 1.75 bits per heavy atom. The summed E-state index contributed by atoms with van der Waals surface area (Å²) in [6.07, 6.45) is 4.28. The van der Waals surface area contributed by atoms with E-state index in [0.29, 0.717) is 6.42 Å². The molecule has 62 valence electrons. The zero-order valence-electron chi connectivity index (χ0n) is 6.65. The third kappa shape index (κ3) is 1.25. The summed E-state index contributed by atoms with van der Waals surface area (Å²) in [5.41, 5.74) is 0.856. The van der Waals surface area contributed by atoms with Gasteiger partial charge < -0.3 is 0 Å². The van der Waals surface area contributed by atoms with Crippen LogP contribution in [0.5, 0.6) is 0 Å². The van der Waals surface area contributed by atoms with E-state index in [1.165, 1.54) is 0 Å². The molecule has 0 N–H and O–H groups in total. The Bertz CT molecular complexity index is 387. The van der Waals surface area contributed by atoms with Gasteiger partial charge >= 0.3 is 0 Å². The molecule has 3 nitrogen and oxygen atoms in total. The SMILES string of the molecule is CC(=O)Cc1cn2ccsc2n1. The fraction of sp³-hybridized carbons (Fsp3) is 0.250. The maximum absolute atomic E-state index is 10.8. The summed E-state index contributed by atoms with van der Waals surface area (Å²) >= 11 is 1.58. The summed E-state index contributed by atoms with van der Waals surface area (Å²) in [6, 6.07) is 0. The molecule has 0 aliphatic carbocycles. The van der Waals surface area contributed by atoms with E-state index in [1.807, 2.05) is 22.2 Å². The van der Waals surface area contributed by atoms with Gasteiger partial charge in [-0.2, -0.15) is 0 Å². The van der Waals surface area contributed by atoms with Crippen molar-refractivity contribution >= 4 is 22.1 Å². The Hall–Kier alpha value is -1.16. The minimum atomic E-state index is 0.153. The molecule has 0 saturated carbocycles. The molecule has 0 aliphatic rings. The van der Waals surface area contributed by atoms with Gasteiger partial charge in [0, 0.05) is 24.2 Å². The summed E-state index contributed by atoms with van der Waals surface area (Å²) in [5, 5.41) is 1.97. The smallest absolute Gasteiger partial charge is 0.193 e. The standard InChI is InChI=1S/C8H8N2OS/c1-6(11)4-7-5-10-2-3-12-8(10)9-7/h2-3,5H,4H2,1H3. The number of aromatic nitrogens is 2. The minimum Gasteiger partial charge on any atom is -0.300 e. The van der Waals surface area contributed by atoms with Crippen molar-refractivity contribution in [2.45, 2.75) is 13.3 Å². The maximum atomic E-state index is 10.8. The van der Waals surface area contributed by atoms with Crippen LogP contribution in [0, 0.1) is 0 Å². The zero-order valence-corrected chi connectivity index (χ0v) is 7.47. The normalized spacial score (nSPS) is 10.8. The molecule has 0 bridgehead atoms. The Morgan fingerprint density at radius 2 is 2.58 bits per heavy atom. The van der Waals surface area contributed by atoms with Gasteiger partial charge in [-0.15, -0.1) is 11.3 Å². The molecule has 0 radical (unpaired) electrons. The highest BCUT2D eigenvalue weighted by Gasteiger charge is 2.03. The lowest BCUT2D eigenvalue weighted by molar-refractivity contribution is -0.116. The van der Waals surface area contributed by atoms with E-state index in [0.717, 1.165) is 10.7 Å². The molecule has 0 atom stereocenters. The van der Waals surface area contributed by atoms with Gasteiger partial charge in [-0.05, 0) is 6.92 Å². The molecule has 0 unspecified atom stereocenters. The molecular formula is C8H8N2OS. The van der Waals surface area contributed by atoms with Crippen LogP contribution in [0.15, 0.2) is 17.8 Å². The van der Waals surface area contributed by atoms with E-state index in [9.17, 15) is 4.79 Å². The van der Waals surface area contributed by atoms with Crippen LogP contribution in [-0.4, -0.2) is 15.2 Å². The molecule has 0 saturated heterocycles. The number of hydrogen-bond acceptors (Lipinski definition) is 3. The van der Waals surface area contributed by atoms with Crippen molar-refractivity contribution in [3.05, 3.63) is 23.5 Å². The average molecular weight is 180 g/mol. The van der Waals surface area contributed by atoms with Crippen molar-refractivity contribution < 1.29 is 4.79 Å². The van der Waals surface area contributed by atoms with Crippen molar-refractivity contribution in [1.29, 1.82) is 0 Å². The maximum Gasteiger partial charge on any atom is 0.193 e. The van der Waals surface area contributed by atoms with Crippen LogP contribution in [-0.2, 0) is 11.2 Å². The Kier molecular flexibility index (Phi) is 1.69. The fourth-order valence-electron chi connectivity index (χ4n) is 1.12. The van der Waals surface area contributed by atoms with Crippen LogP contribution >= 0.6 is 11.3 Å². The van der Waals surface area contributed by atoms with E-state index in [4.69, 9.17) is 0 Å². The van der Waals surface area contributed by atoms with Crippen LogP contribution in [0.2, 0.25) is 0 Å². The number of Topliss-reactive ketones (excluding diaryl/α,β-unsaturated/α-hetero) is 1. The van der Waals surface area contributed by atoms with Gasteiger partial charge in [0.2, 0.25) is 0 Å². The monoisotopic (exact) mass is 180 g/mol. The molecule has 2 heterocycles. The number of hydrogen-bond donors (Lipinski definition) is 0. The first kappa shape index (κ1) is 7.49. The largest absolute Gasteiger partial charge is 0.300 e. The molecular weight excluding hydrogens is 172 g/mol. The second-order valence-electron chi connectivity index (χ2n) is 2.70. The predicted octanol–water partition coefficient (Wildman–Crippen LogP) is 1.53. The molecule has 4 heteroatoms. The van der Waals surface area contributed by atoms with E-state index in [2.05, 4.69) is 4.98 Å². The van der Waals surface area contributed by atoms with Crippen LogP contribution < -0.4 is 0 Å². The number of ketones is 1. The fourth-order valence-corrected chi connectivity index (χ4v) is 1.84. The molecule has 2 rings (SSSR count). The summed E-state index contributed by atoms with van der Waals surface area (Å²) in [6.45, 7) is 1.58. The molecule has 2 aromatic rings. The number of fused-ring (bicyclic) bond motifs is 1. The highest BCUT2D eigenvalue weighted by Crippen LogP contribution is 2.11. The lowest BCUT2D eigenvalue weighted by Crippen LogP contribution is -1.95. The van der Waals surface area contributed by atoms with Gasteiger partial charge in [0.05, 0.1) is 5.69 Å². The summed E-state index contributed by atoms with van der Waals surface area (Å²) in [5.74, 6) is 0.153. The molecule has 12 heavy (non-hydrogen) atoms. The number of imidazole rings is 1. The van der Waals surface area contributed by atoms with Crippen LogP contribution in [0.3, 0.4) is 0 Å². The summed E-state index contributed by atoms with van der Waals surface area (Å²) in [4.78, 5) is 16.0. The van der Waals surface area contributed by atoms with E-state index in [1.54, 1.807) is 18.3 Å². The quantitative estimate of drug-likeness (QED) is 0.702. The lowest BCUT2D eigenvalue weighted by atomic mass is 10.2. The van der Waals surface area contributed by atoms with Crippen molar-refractivity contribution in [2.24, 2.45) is 0 Å². The van der Waals surface area contributed by atoms with Gasteiger partial charge in [-0.1, -0.05) is 0 Å². The minimum absolute atomic E-state index is 0.153. The number of nitrogens with zero attached hydrogens (tertiary/aromatic N) is 2. The molecule has 0 aliphatic heterocycles. The molecule has 0 aromatic carbocycles. The third-order valence-corrected chi connectivity index (χ3v) is 2.34. The number of carbonyl (C=O) groups is 1. The van der Waals surface area contributed by atoms with Gasteiger partial charge in [-0.3, -0.25) is 9.20 Å². The Morgan fingerprint density at radius 3 is 3.25 bits per heavy atom. The van der Waals surface area contributed by atoms with Gasteiger partial charge in [0.1, 0.15) is 5.78 Å². The first-order chi connectivity index (χ1) is 5.75. The number of carbonyl (C=O) groups excluding carboxylic acids is 1. The van der Waals surface area contributed by atoms with Crippen molar-refractivity contribution in [1.82, 2.24) is 9.38 Å². The number of rotatable bonds is 2. The third-order valence-electron chi connectivity index (χ3n) is 1.57. The topological polar surface area (TPSA) is 34.4 Å². The van der Waals surface area contributed by atoms with Crippen molar-refractivity contribution in [2.75, 3.05) is 0 Å². The Balaban J connectivity index is 2.38. The van der Waals surface area contributed by atoms with Crippen molar-refractivity contribution in [3.8, 4) is 0 Å². The summed E-state index contributed by atoms with van der Waals surface area (Å²) in [7, 11) is 0. The second kappa shape index (κ2) is 2.71. The van der Waals surface area contributed by atoms with Gasteiger partial charge in [-0.25, -0.2) is 4.98 Å². The van der Waals surface area contributed by atoms with Crippen molar-refractivity contribution in [3.63, 3.8) is 0 Å². The van der Waals surface area contributed by atoms with Crippen LogP contribution in [0.25, 0.3) is 4.96 Å². The average Bonchev–Trinajstić information content (AvgIpc) is 2.43. The highest BCUT2D eigenvalue weighted by atomic mass is 32.1. The number of thiazole rings is 1. The molecule has 0 spiro atoms. The highest BCUT2D eigenvalue weighted by molar-refractivity contribution is 7.15. The van der Waals surface area contributed by atoms with Gasteiger partial charge in [0.25, 0.3) is 0 Å².